The summed E-state index contributed by atoms with van der Waals surface area (Å²) < 4.78 is 5.78. The summed E-state index contributed by atoms with van der Waals surface area (Å²) in [5.74, 6) is 1.26. The summed E-state index contributed by atoms with van der Waals surface area (Å²) in [4.78, 5) is 14.2. The van der Waals surface area contributed by atoms with E-state index >= 15 is 0 Å². The topological polar surface area (TPSA) is 55.6 Å². The lowest BCUT2D eigenvalue weighted by Gasteiger charge is -2.32. The van der Waals surface area contributed by atoms with E-state index in [-0.39, 0.29) is 0 Å². The van der Waals surface area contributed by atoms with E-state index in [0.29, 0.717) is 18.6 Å². The number of carbonyl (C=O) groups is 1. The van der Waals surface area contributed by atoms with Crippen molar-refractivity contribution < 1.29 is 9.53 Å². The zero-order chi connectivity index (χ0) is 14.9. The molecule has 0 aromatic rings. The molecule has 0 bridgehead atoms. The number of amides is 1. The molecule has 4 heteroatoms. The van der Waals surface area contributed by atoms with Crippen molar-refractivity contribution in [3.8, 4) is 0 Å². The molecule has 1 heterocycles. The van der Waals surface area contributed by atoms with Gasteiger partial charge in [-0.15, -0.1) is 0 Å². The van der Waals surface area contributed by atoms with Gasteiger partial charge in [0.15, 0.2) is 0 Å². The summed E-state index contributed by atoms with van der Waals surface area (Å²) in [5, 5.41) is 0. The molecule has 1 aliphatic carbocycles. The quantitative estimate of drug-likeness (QED) is 0.701. The molecule has 2 N–H and O–H groups in total. The second-order valence-corrected chi connectivity index (χ2v) is 6.64. The standard InChI is InChI=1S/C17H32N2O2/c18-11-4-14-21-16-9-12-19(13-10-16)17(20)8-3-7-15-5-1-2-6-15/h15-16H,1-14,18H2. The molecule has 1 amide bonds. The van der Waals surface area contributed by atoms with Crippen LogP contribution in [0.1, 0.15) is 64.2 Å². The number of hydrogen-bond donors (Lipinski definition) is 1. The van der Waals surface area contributed by atoms with E-state index < -0.39 is 0 Å². The largest absolute Gasteiger partial charge is 0.378 e. The van der Waals surface area contributed by atoms with Gasteiger partial charge in [-0.1, -0.05) is 25.7 Å². The molecule has 21 heavy (non-hydrogen) atoms. The van der Waals surface area contributed by atoms with Crippen LogP contribution in [0.25, 0.3) is 0 Å². The van der Waals surface area contributed by atoms with Crippen LogP contribution in [-0.2, 0) is 9.53 Å². The molecular formula is C17H32N2O2. The number of rotatable bonds is 8. The van der Waals surface area contributed by atoms with Crippen LogP contribution in [0.15, 0.2) is 0 Å². The Kier molecular flexibility index (Phi) is 7.51. The van der Waals surface area contributed by atoms with Gasteiger partial charge in [0.1, 0.15) is 0 Å². The predicted octanol–water partition coefficient (Wildman–Crippen LogP) is 2.70. The highest BCUT2D eigenvalue weighted by atomic mass is 16.5. The summed E-state index contributed by atoms with van der Waals surface area (Å²) in [6, 6.07) is 0. The SMILES string of the molecule is NCCCOC1CCN(C(=O)CCCC2CCCC2)CC1. The zero-order valence-corrected chi connectivity index (χ0v) is 13.4. The van der Waals surface area contributed by atoms with Gasteiger partial charge in [0.25, 0.3) is 0 Å². The third-order valence-corrected chi connectivity index (χ3v) is 4.97. The van der Waals surface area contributed by atoms with E-state index in [9.17, 15) is 4.79 Å². The zero-order valence-electron chi connectivity index (χ0n) is 13.4. The highest BCUT2D eigenvalue weighted by Crippen LogP contribution is 2.29. The van der Waals surface area contributed by atoms with Crippen molar-refractivity contribution in [3.05, 3.63) is 0 Å². The van der Waals surface area contributed by atoms with Gasteiger partial charge in [0, 0.05) is 26.1 Å². The van der Waals surface area contributed by atoms with E-state index in [4.69, 9.17) is 10.5 Å². The minimum Gasteiger partial charge on any atom is -0.378 e. The van der Waals surface area contributed by atoms with Crippen LogP contribution in [0.2, 0.25) is 0 Å². The Morgan fingerprint density at radius 3 is 2.48 bits per heavy atom. The van der Waals surface area contributed by atoms with Crippen molar-refractivity contribution in [2.75, 3.05) is 26.2 Å². The fourth-order valence-electron chi connectivity index (χ4n) is 3.60. The second kappa shape index (κ2) is 9.42. The Labute approximate surface area is 129 Å². The van der Waals surface area contributed by atoms with Crippen LogP contribution in [0.5, 0.6) is 0 Å². The summed E-state index contributed by atoms with van der Waals surface area (Å²) in [7, 11) is 0. The maximum absolute atomic E-state index is 12.2. The second-order valence-electron chi connectivity index (χ2n) is 6.64. The van der Waals surface area contributed by atoms with Crippen LogP contribution < -0.4 is 5.73 Å². The van der Waals surface area contributed by atoms with Crippen LogP contribution in [0.4, 0.5) is 0 Å². The number of ether oxygens (including phenoxy) is 1. The molecule has 4 nitrogen and oxygen atoms in total. The molecule has 0 atom stereocenters. The predicted molar refractivity (Wildman–Crippen MR) is 85.0 cm³/mol. The number of hydrogen-bond acceptors (Lipinski definition) is 3. The first-order valence-electron chi connectivity index (χ1n) is 8.89. The lowest BCUT2D eigenvalue weighted by Crippen LogP contribution is -2.41. The smallest absolute Gasteiger partial charge is 0.222 e. The lowest BCUT2D eigenvalue weighted by molar-refractivity contribution is -0.134. The van der Waals surface area contributed by atoms with Crippen molar-refractivity contribution in [2.45, 2.75) is 70.3 Å². The van der Waals surface area contributed by atoms with Crippen LogP contribution in [0.3, 0.4) is 0 Å². The monoisotopic (exact) mass is 296 g/mol. The van der Waals surface area contributed by atoms with Gasteiger partial charge < -0.3 is 15.4 Å². The van der Waals surface area contributed by atoms with Gasteiger partial charge in [-0.3, -0.25) is 4.79 Å². The Bertz CT molecular complexity index is 295. The van der Waals surface area contributed by atoms with E-state index in [2.05, 4.69) is 0 Å². The van der Waals surface area contributed by atoms with Gasteiger partial charge in [-0.25, -0.2) is 0 Å². The molecule has 2 aliphatic rings. The number of piperidine rings is 1. The third-order valence-electron chi connectivity index (χ3n) is 4.97. The van der Waals surface area contributed by atoms with Crippen molar-refractivity contribution in [1.29, 1.82) is 0 Å². The third kappa shape index (κ3) is 5.95. The minimum atomic E-state index is 0.332. The molecule has 0 unspecified atom stereocenters. The Morgan fingerprint density at radius 2 is 1.81 bits per heavy atom. The van der Waals surface area contributed by atoms with Crippen molar-refractivity contribution in [3.63, 3.8) is 0 Å². The molecular weight excluding hydrogens is 264 g/mol. The van der Waals surface area contributed by atoms with E-state index in [1.165, 1.54) is 32.1 Å². The summed E-state index contributed by atoms with van der Waals surface area (Å²) in [6.45, 7) is 3.19. The molecule has 0 radical (unpaired) electrons. The van der Waals surface area contributed by atoms with E-state index in [1.54, 1.807) is 0 Å². The highest BCUT2D eigenvalue weighted by Gasteiger charge is 2.23. The maximum Gasteiger partial charge on any atom is 0.222 e. The first kappa shape index (κ1) is 16.8. The summed E-state index contributed by atoms with van der Waals surface area (Å²) in [6.07, 6.45) is 11.9. The van der Waals surface area contributed by atoms with Crippen molar-refractivity contribution >= 4 is 5.91 Å². The van der Waals surface area contributed by atoms with Gasteiger partial charge in [0.2, 0.25) is 5.91 Å². The Balaban J connectivity index is 1.54. The lowest BCUT2D eigenvalue weighted by atomic mass is 10.00. The molecule has 0 aromatic carbocycles. The first-order valence-corrected chi connectivity index (χ1v) is 8.89. The molecule has 2 fully saturated rings. The van der Waals surface area contributed by atoms with Crippen LogP contribution in [0, 0.1) is 5.92 Å². The minimum absolute atomic E-state index is 0.332. The number of nitrogens with zero attached hydrogens (tertiary/aromatic N) is 1. The van der Waals surface area contributed by atoms with Gasteiger partial charge >= 0.3 is 0 Å². The van der Waals surface area contributed by atoms with Crippen molar-refractivity contribution in [2.24, 2.45) is 11.7 Å². The van der Waals surface area contributed by atoms with Crippen LogP contribution >= 0.6 is 0 Å². The molecule has 0 spiro atoms. The molecule has 1 saturated heterocycles. The molecule has 1 aliphatic heterocycles. The summed E-state index contributed by atoms with van der Waals surface area (Å²) in [5.41, 5.74) is 5.46. The Morgan fingerprint density at radius 1 is 1.10 bits per heavy atom. The van der Waals surface area contributed by atoms with E-state index in [1.807, 2.05) is 4.90 Å². The Hall–Kier alpha value is -0.610. The number of nitrogens with two attached hydrogens (primary N) is 1. The normalized spacial score (nSPS) is 21.1. The fraction of sp³-hybridized carbons (Fsp3) is 0.941. The van der Waals surface area contributed by atoms with Gasteiger partial charge in [0.05, 0.1) is 6.10 Å². The molecule has 2 rings (SSSR count). The fourth-order valence-corrected chi connectivity index (χ4v) is 3.60. The van der Waals surface area contributed by atoms with Crippen LogP contribution in [-0.4, -0.2) is 43.2 Å². The molecule has 122 valence electrons. The highest BCUT2D eigenvalue weighted by molar-refractivity contribution is 5.76. The van der Waals surface area contributed by atoms with Gasteiger partial charge in [-0.2, -0.15) is 0 Å². The van der Waals surface area contributed by atoms with Gasteiger partial charge in [-0.05, 0) is 44.6 Å². The average Bonchev–Trinajstić information content (AvgIpc) is 3.01. The number of likely N-dealkylation sites (tertiary alicyclic amines) is 1. The number of carbonyl (C=O) groups excluding carboxylic acids is 1. The van der Waals surface area contributed by atoms with Crippen molar-refractivity contribution in [1.82, 2.24) is 4.90 Å². The summed E-state index contributed by atoms with van der Waals surface area (Å²) >= 11 is 0. The van der Waals surface area contributed by atoms with E-state index in [0.717, 1.165) is 57.7 Å². The first-order chi connectivity index (χ1) is 10.3. The molecule has 1 saturated carbocycles. The molecule has 0 aromatic heterocycles. The average molecular weight is 296 g/mol. The maximum atomic E-state index is 12.2.